The van der Waals surface area contributed by atoms with Gasteiger partial charge in [0.05, 0.1) is 0 Å². The molecule has 0 aromatic heterocycles. The third kappa shape index (κ3) is 15.7. The molecule has 0 bridgehead atoms. The molecule has 0 amide bonds. The van der Waals surface area contributed by atoms with Crippen LogP contribution < -0.4 is 5.11 Å². The van der Waals surface area contributed by atoms with E-state index in [-0.39, 0.29) is 25.2 Å². The van der Waals surface area contributed by atoms with E-state index in [9.17, 15) is 31.6 Å². The van der Waals surface area contributed by atoms with E-state index in [2.05, 4.69) is 13.8 Å². The van der Waals surface area contributed by atoms with Crippen LogP contribution in [-0.2, 0) is 52.6 Å². The Kier molecular flexibility index (Phi) is 18.8. The monoisotopic (exact) mass is 634 g/mol. The molecule has 2 rings (SSSR count). The average molecular weight is 636 g/mol. The first-order valence-electron chi connectivity index (χ1n) is 13.4. The molecule has 0 saturated heterocycles. The number of hydrogen-bond acceptors (Lipinski definition) is 7. The van der Waals surface area contributed by atoms with E-state index in [4.69, 9.17) is 4.55 Å². The summed E-state index contributed by atoms with van der Waals surface area (Å²) in [6, 6.07) is 8.23. The Morgan fingerprint density at radius 2 is 1.08 bits per heavy atom. The molecular weight excluding hydrogens is 594 g/mol. The molecule has 0 fully saturated rings. The van der Waals surface area contributed by atoms with E-state index in [1.165, 1.54) is 69.6 Å². The third-order valence-corrected chi connectivity index (χ3v) is 7.99. The molecule has 216 valence electrons. The van der Waals surface area contributed by atoms with Crippen molar-refractivity contribution in [1.29, 1.82) is 0 Å². The summed E-state index contributed by atoms with van der Waals surface area (Å²) in [6.07, 6.45) is 15.7. The first-order chi connectivity index (χ1) is 17.9. The first-order valence-corrected chi connectivity index (χ1v) is 16.3. The number of benzene rings is 2. The zero-order valence-electron chi connectivity index (χ0n) is 23.2. The summed E-state index contributed by atoms with van der Waals surface area (Å²) in [4.78, 5) is -1.08. The van der Waals surface area contributed by atoms with Crippen molar-refractivity contribution in [3.8, 4) is 11.5 Å². The summed E-state index contributed by atoms with van der Waals surface area (Å²) in [6.45, 7) is 4.35. The van der Waals surface area contributed by atoms with Crippen molar-refractivity contribution in [1.82, 2.24) is 0 Å². The van der Waals surface area contributed by atoms with Gasteiger partial charge in [-0.25, -0.2) is 8.42 Å². The predicted molar refractivity (Wildman–Crippen MR) is 146 cm³/mol. The third-order valence-electron chi connectivity index (χ3n) is 6.22. The van der Waals surface area contributed by atoms with Crippen LogP contribution in [-0.4, -0.2) is 31.0 Å². The van der Waals surface area contributed by atoms with Gasteiger partial charge in [0.2, 0.25) is 0 Å². The van der Waals surface area contributed by atoms with Crippen molar-refractivity contribution in [2.75, 3.05) is 0 Å². The molecule has 0 radical (unpaired) electrons. The van der Waals surface area contributed by atoms with Crippen molar-refractivity contribution in [2.24, 2.45) is 0 Å². The molecule has 2 N–H and O–H groups in total. The zero-order chi connectivity index (χ0) is 28.6. The smallest absolute Gasteiger partial charge is 0.872 e. The minimum atomic E-state index is -4.65. The molecule has 0 saturated carbocycles. The summed E-state index contributed by atoms with van der Waals surface area (Å²) in [7, 11) is -8.98. The van der Waals surface area contributed by atoms with Crippen molar-refractivity contribution >= 4 is 20.2 Å². The fourth-order valence-electron chi connectivity index (χ4n) is 4.07. The predicted octanol–water partition coefficient (Wildman–Crippen LogP) is 6.11. The van der Waals surface area contributed by atoms with E-state index in [1.807, 2.05) is 0 Å². The standard InChI is InChI=1S/2C14H22O4S.Zn/c2*1-2-3-4-5-6-7-8-12-9-10-14(13(15)11-12)19(16,17)18;/h2*9-11,15H,2-8H2,1H3,(H,16,17,18);/q;;+2/p-2. The van der Waals surface area contributed by atoms with Gasteiger partial charge >= 0.3 is 19.5 Å². The van der Waals surface area contributed by atoms with Gasteiger partial charge in [0.25, 0.3) is 10.1 Å². The second-order valence-electron chi connectivity index (χ2n) is 9.55. The maximum absolute atomic E-state index is 11.5. The van der Waals surface area contributed by atoms with Crippen molar-refractivity contribution in [2.45, 2.75) is 114 Å². The van der Waals surface area contributed by atoms with E-state index in [0.717, 1.165) is 55.7 Å². The van der Waals surface area contributed by atoms with Crippen LogP contribution >= 0.6 is 0 Å². The van der Waals surface area contributed by atoms with Crippen molar-refractivity contribution < 1.29 is 55.6 Å². The molecule has 0 atom stereocenters. The topological polar surface area (TPSA) is 155 Å². The molecule has 8 nitrogen and oxygen atoms in total. The Balaban J connectivity index is 0.000000722. The van der Waals surface area contributed by atoms with Gasteiger partial charge in [-0.05, 0) is 55.0 Å². The van der Waals surface area contributed by atoms with Gasteiger partial charge in [-0.15, -0.1) is 0 Å². The van der Waals surface area contributed by atoms with Crippen LogP contribution in [0.2, 0.25) is 0 Å². The molecule has 0 unspecified atom stereocenters. The summed E-state index contributed by atoms with van der Waals surface area (Å²) in [5.41, 5.74) is 1.69. The Hall–Kier alpha value is -1.52. The zero-order valence-corrected chi connectivity index (χ0v) is 27.8. The van der Waals surface area contributed by atoms with Gasteiger partial charge in [-0.1, -0.05) is 102 Å². The summed E-state index contributed by atoms with van der Waals surface area (Å²) in [5, 5.41) is 21.0. The normalized spacial score (nSPS) is 11.4. The average Bonchev–Trinajstić information content (AvgIpc) is 2.82. The van der Waals surface area contributed by atoms with Crippen LogP contribution in [0.3, 0.4) is 0 Å². The van der Waals surface area contributed by atoms with E-state index >= 15 is 0 Å². The number of phenols is 1. The molecule has 0 heterocycles. The molecule has 2 aromatic carbocycles. The summed E-state index contributed by atoms with van der Waals surface area (Å²) >= 11 is 0. The van der Waals surface area contributed by atoms with Gasteiger partial charge in [-0.3, -0.25) is 4.55 Å². The van der Waals surface area contributed by atoms with E-state index in [0.29, 0.717) is 0 Å². The van der Waals surface area contributed by atoms with Gasteiger partial charge in [0, 0.05) is 4.90 Å². The second kappa shape index (κ2) is 19.5. The molecule has 39 heavy (non-hydrogen) atoms. The number of unbranched alkanes of at least 4 members (excludes halogenated alkanes) is 10. The number of hydrogen-bond donors (Lipinski definition) is 2. The maximum atomic E-state index is 11.5. The van der Waals surface area contributed by atoms with Crippen LogP contribution in [0.5, 0.6) is 11.5 Å². The largest absolute Gasteiger partial charge is 2.00 e. The van der Waals surface area contributed by atoms with Crippen LogP contribution in [0.4, 0.5) is 0 Å². The van der Waals surface area contributed by atoms with E-state index in [1.54, 1.807) is 12.1 Å². The number of rotatable bonds is 16. The van der Waals surface area contributed by atoms with Crippen LogP contribution in [0.25, 0.3) is 0 Å². The fraction of sp³-hybridized carbons (Fsp3) is 0.571. The fourth-order valence-corrected chi connectivity index (χ4v) is 5.17. The second-order valence-corrected chi connectivity index (χ2v) is 12.3. The number of phenolic OH excluding ortho intramolecular Hbond substituents is 1. The Morgan fingerprint density at radius 3 is 1.46 bits per heavy atom. The molecule has 2 aromatic rings. The van der Waals surface area contributed by atoms with Crippen LogP contribution in [0.15, 0.2) is 46.2 Å². The van der Waals surface area contributed by atoms with Crippen LogP contribution in [0, 0.1) is 0 Å². The van der Waals surface area contributed by atoms with Crippen molar-refractivity contribution in [3.05, 3.63) is 47.5 Å². The summed E-state index contributed by atoms with van der Waals surface area (Å²) < 4.78 is 63.0. The quantitative estimate of drug-likeness (QED) is 0.127. The SMILES string of the molecule is CCCCCCCCc1ccc(S(=O)(=O)O)c(O)c1.CCCCCCCCc1ccc(S(=O)(=O)[O-])c([O-])c1.[Zn+2]. The van der Waals surface area contributed by atoms with Gasteiger partial charge in [-0.2, -0.15) is 8.42 Å². The number of aromatic hydroxyl groups is 1. The molecule has 0 aliphatic carbocycles. The number of aryl methyl sites for hydroxylation is 2. The molecule has 0 spiro atoms. The van der Waals surface area contributed by atoms with E-state index < -0.39 is 35.8 Å². The molecule has 0 aliphatic rings. The Morgan fingerprint density at radius 1 is 0.667 bits per heavy atom. The first kappa shape index (κ1) is 37.5. The van der Waals surface area contributed by atoms with Gasteiger partial charge in [0.1, 0.15) is 20.8 Å². The van der Waals surface area contributed by atoms with Crippen LogP contribution in [0.1, 0.15) is 102 Å². The Labute approximate surface area is 247 Å². The summed E-state index contributed by atoms with van der Waals surface area (Å²) in [5.74, 6) is -1.08. The van der Waals surface area contributed by atoms with Crippen molar-refractivity contribution in [3.63, 3.8) is 0 Å². The minimum Gasteiger partial charge on any atom is -0.872 e. The maximum Gasteiger partial charge on any atom is 2.00 e. The van der Waals surface area contributed by atoms with Gasteiger partial charge in [0.15, 0.2) is 0 Å². The molecular formula is C28H42O8S2Zn. The molecule has 11 heteroatoms. The minimum absolute atomic E-state index is 0. The van der Waals surface area contributed by atoms with Gasteiger partial charge < -0.3 is 14.8 Å². The molecule has 0 aliphatic heterocycles. The Bertz CT molecular complexity index is 1090.